The van der Waals surface area contributed by atoms with Gasteiger partial charge in [0.1, 0.15) is 6.04 Å². The summed E-state index contributed by atoms with van der Waals surface area (Å²) in [6, 6.07) is 6.21. The number of aliphatic carboxylic acids is 1. The fraction of sp³-hybridized carbons (Fsp3) is 0.267. The number of nitrogens with zero attached hydrogens (tertiary/aromatic N) is 2. The normalized spacial score (nSPS) is 12.0. The zero-order valence-corrected chi connectivity index (χ0v) is 13.0. The van der Waals surface area contributed by atoms with E-state index in [4.69, 9.17) is 16.7 Å². The van der Waals surface area contributed by atoms with Gasteiger partial charge in [-0.15, -0.1) is 0 Å². The van der Waals surface area contributed by atoms with Crippen LogP contribution in [0.25, 0.3) is 5.69 Å². The van der Waals surface area contributed by atoms with Crippen molar-refractivity contribution in [2.24, 2.45) is 0 Å². The van der Waals surface area contributed by atoms with E-state index >= 15 is 0 Å². The Labute approximate surface area is 132 Å². The SMILES string of the molecule is CCc1c(C(=O)N[C@H](C)C(=O)O)cnn1-c1ccccc1Cl. The first-order chi connectivity index (χ1) is 10.5. The van der Waals surface area contributed by atoms with Crippen LogP contribution in [-0.4, -0.2) is 32.8 Å². The van der Waals surface area contributed by atoms with Gasteiger partial charge >= 0.3 is 5.97 Å². The number of hydrogen-bond donors (Lipinski definition) is 2. The van der Waals surface area contributed by atoms with E-state index in [1.54, 1.807) is 16.8 Å². The van der Waals surface area contributed by atoms with Crippen molar-refractivity contribution in [3.05, 3.63) is 46.7 Å². The van der Waals surface area contributed by atoms with E-state index in [2.05, 4.69) is 10.4 Å². The van der Waals surface area contributed by atoms with Gasteiger partial charge in [0, 0.05) is 0 Å². The molecular weight excluding hydrogens is 306 g/mol. The minimum absolute atomic E-state index is 0.343. The molecule has 1 heterocycles. The number of benzene rings is 1. The lowest BCUT2D eigenvalue weighted by Crippen LogP contribution is -2.38. The average Bonchev–Trinajstić information content (AvgIpc) is 2.91. The molecule has 2 N–H and O–H groups in total. The minimum atomic E-state index is -1.09. The fourth-order valence-electron chi connectivity index (χ4n) is 2.07. The van der Waals surface area contributed by atoms with Crippen LogP contribution in [0.1, 0.15) is 29.9 Å². The summed E-state index contributed by atoms with van der Waals surface area (Å²) >= 11 is 6.16. The molecule has 0 aliphatic carbocycles. The standard InChI is InChI=1S/C15H16ClN3O3/c1-3-12-10(14(20)18-9(2)15(21)22)8-17-19(12)13-7-5-4-6-11(13)16/h4-9H,3H2,1-2H3,(H,18,20)(H,21,22)/t9-/m1/s1. The van der Waals surface area contributed by atoms with E-state index < -0.39 is 17.9 Å². The Bertz CT molecular complexity index is 712. The molecule has 1 aromatic carbocycles. The summed E-state index contributed by atoms with van der Waals surface area (Å²) < 4.78 is 1.60. The number of halogens is 1. The summed E-state index contributed by atoms with van der Waals surface area (Å²) in [5, 5.41) is 16.0. The molecule has 0 fully saturated rings. The molecule has 2 rings (SSSR count). The fourth-order valence-corrected chi connectivity index (χ4v) is 2.29. The molecule has 6 nitrogen and oxygen atoms in total. The largest absolute Gasteiger partial charge is 0.480 e. The van der Waals surface area contributed by atoms with Crippen LogP contribution in [0.2, 0.25) is 5.02 Å². The van der Waals surface area contributed by atoms with E-state index in [1.165, 1.54) is 13.1 Å². The van der Waals surface area contributed by atoms with Gasteiger partial charge in [0.25, 0.3) is 5.91 Å². The summed E-state index contributed by atoms with van der Waals surface area (Å²) in [7, 11) is 0. The number of nitrogens with one attached hydrogen (secondary N) is 1. The molecule has 0 aliphatic heterocycles. The third-order valence-electron chi connectivity index (χ3n) is 3.25. The summed E-state index contributed by atoms with van der Waals surface area (Å²) in [6.07, 6.45) is 1.97. The number of aromatic nitrogens is 2. The van der Waals surface area contributed by atoms with E-state index in [0.717, 1.165) is 0 Å². The van der Waals surface area contributed by atoms with Crippen molar-refractivity contribution in [3.8, 4) is 5.69 Å². The van der Waals surface area contributed by atoms with E-state index in [0.29, 0.717) is 28.4 Å². The smallest absolute Gasteiger partial charge is 0.325 e. The summed E-state index contributed by atoms with van der Waals surface area (Å²) in [4.78, 5) is 23.0. The molecule has 2 aromatic rings. The molecule has 0 spiro atoms. The number of carboxylic acids is 1. The van der Waals surface area contributed by atoms with Gasteiger partial charge in [0.05, 0.1) is 28.2 Å². The summed E-state index contributed by atoms with van der Waals surface area (Å²) in [5.74, 6) is -1.56. The van der Waals surface area contributed by atoms with Gasteiger partial charge in [-0.1, -0.05) is 30.7 Å². The van der Waals surface area contributed by atoms with Crippen LogP contribution in [0.5, 0.6) is 0 Å². The molecule has 116 valence electrons. The van der Waals surface area contributed by atoms with E-state index in [-0.39, 0.29) is 0 Å². The molecule has 0 bridgehead atoms. The first-order valence-corrected chi connectivity index (χ1v) is 7.19. The topological polar surface area (TPSA) is 84.2 Å². The van der Waals surface area contributed by atoms with Gasteiger partial charge in [-0.2, -0.15) is 5.10 Å². The second-order valence-electron chi connectivity index (χ2n) is 4.76. The van der Waals surface area contributed by atoms with Crippen molar-refractivity contribution < 1.29 is 14.7 Å². The minimum Gasteiger partial charge on any atom is -0.480 e. The lowest BCUT2D eigenvalue weighted by molar-refractivity contribution is -0.138. The second kappa shape index (κ2) is 6.62. The summed E-state index contributed by atoms with van der Waals surface area (Å²) in [5.41, 5.74) is 1.69. The molecule has 1 amide bonds. The quantitative estimate of drug-likeness (QED) is 0.885. The van der Waals surface area contributed by atoms with Gasteiger partial charge in [-0.25, -0.2) is 4.68 Å². The van der Waals surface area contributed by atoms with E-state index in [9.17, 15) is 9.59 Å². The van der Waals surface area contributed by atoms with Crippen molar-refractivity contribution in [1.29, 1.82) is 0 Å². The Balaban J connectivity index is 2.38. The number of carbonyl (C=O) groups excluding carboxylic acids is 1. The lowest BCUT2D eigenvalue weighted by atomic mass is 10.1. The molecule has 1 aromatic heterocycles. The predicted octanol–water partition coefficient (Wildman–Crippen LogP) is 2.29. The zero-order chi connectivity index (χ0) is 16.3. The average molecular weight is 322 g/mol. The highest BCUT2D eigenvalue weighted by Gasteiger charge is 2.21. The Morgan fingerprint density at radius 3 is 2.68 bits per heavy atom. The Hall–Kier alpha value is -2.34. The number of rotatable bonds is 5. The predicted molar refractivity (Wildman–Crippen MR) is 82.5 cm³/mol. The molecule has 0 saturated heterocycles. The van der Waals surface area contributed by atoms with Gasteiger partial charge in [0.15, 0.2) is 0 Å². The van der Waals surface area contributed by atoms with Crippen molar-refractivity contribution in [3.63, 3.8) is 0 Å². The summed E-state index contributed by atoms with van der Waals surface area (Å²) in [6.45, 7) is 3.30. The second-order valence-corrected chi connectivity index (χ2v) is 5.16. The van der Waals surface area contributed by atoms with Crippen molar-refractivity contribution in [2.75, 3.05) is 0 Å². The number of hydrogen-bond acceptors (Lipinski definition) is 3. The first-order valence-electron chi connectivity index (χ1n) is 6.81. The molecular formula is C15H16ClN3O3. The Morgan fingerprint density at radius 2 is 2.09 bits per heavy atom. The molecule has 0 radical (unpaired) electrons. The maximum absolute atomic E-state index is 12.2. The van der Waals surface area contributed by atoms with Crippen LogP contribution in [0.3, 0.4) is 0 Å². The van der Waals surface area contributed by atoms with Gasteiger partial charge in [0.2, 0.25) is 0 Å². The number of amides is 1. The van der Waals surface area contributed by atoms with Crippen LogP contribution < -0.4 is 5.32 Å². The van der Waals surface area contributed by atoms with Crippen LogP contribution in [-0.2, 0) is 11.2 Å². The third kappa shape index (κ3) is 3.12. The number of para-hydroxylation sites is 1. The third-order valence-corrected chi connectivity index (χ3v) is 3.57. The molecule has 0 saturated carbocycles. The number of carboxylic acid groups (broad SMARTS) is 1. The zero-order valence-electron chi connectivity index (χ0n) is 12.2. The number of carbonyl (C=O) groups is 2. The lowest BCUT2D eigenvalue weighted by Gasteiger charge is -2.11. The Morgan fingerprint density at radius 1 is 1.41 bits per heavy atom. The molecule has 1 atom stereocenters. The maximum Gasteiger partial charge on any atom is 0.325 e. The highest BCUT2D eigenvalue weighted by atomic mass is 35.5. The van der Waals surface area contributed by atoms with Crippen molar-refractivity contribution >= 4 is 23.5 Å². The van der Waals surface area contributed by atoms with Crippen molar-refractivity contribution in [2.45, 2.75) is 26.3 Å². The highest BCUT2D eigenvalue weighted by molar-refractivity contribution is 6.32. The van der Waals surface area contributed by atoms with Crippen LogP contribution >= 0.6 is 11.6 Å². The van der Waals surface area contributed by atoms with Crippen LogP contribution in [0.15, 0.2) is 30.5 Å². The van der Waals surface area contributed by atoms with Gasteiger partial charge in [-0.3, -0.25) is 9.59 Å². The molecule has 7 heteroatoms. The van der Waals surface area contributed by atoms with E-state index in [1.807, 2.05) is 19.1 Å². The van der Waals surface area contributed by atoms with Crippen LogP contribution in [0.4, 0.5) is 0 Å². The maximum atomic E-state index is 12.2. The van der Waals surface area contributed by atoms with Crippen molar-refractivity contribution in [1.82, 2.24) is 15.1 Å². The molecule has 0 aliphatic rings. The highest BCUT2D eigenvalue weighted by Crippen LogP contribution is 2.22. The van der Waals surface area contributed by atoms with Gasteiger partial charge in [-0.05, 0) is 25.5 Å². The molecule has 0 unspecified atom stereocenters. The first kappa shape index (κ1) is 16.0. The monoisotopic (exact) mass is 321 g/mol. The Kier molecular flexibility index (Phi) is 4.82. The van der Waals surface area contributed by atoms with Crippen LogP contribution in [0, 0.1) is 0 Å². The molecule has 22 heavy (non-hydrogen) atoms. The van der Waals surface area contributed by atoms with Gasteiger partial charge < -0.3 is 10.4 Å².